The van der Waals surface area contributed by atoms with Crippen molar-refractivity contribution >= 4 is 16.9 Å². The molecule has 4 aromatic rings. The van der Waals surface area contributed by atoms with E-state index in [0.717, 1.165) is 42.2 Å². The van der Waals surface area contributed by atoms with Gasteiger partial charge < -0.3 is 4.90 Å². The Hall–Kier alpha value is -3.31. The molecule has 0 amide bonds. The monoisotopic (exact) mass is 409 g/mol. The van der Waals surface area contributed by atoms with E-state index in [1.165, 1.54) is 22.9 Å². The van der Waals surface area contributed by atoms with Crippen molar-refractivity contribution in [3.05, 3.63) is 84.3 Å². The smallest absolute Gasteiger partial charge is 0.225 e. The van der Waals surface area contributed by atoms with E-state index in [0.29, 0.717) is 0 Å². The van der Waals surface area contributed by atoms with Crippen LogP contribution in [-0.2, 0) is 6.54 Å². The van der Waals surface area contributed by atoms with Gasteiger partial charge in [0.05, 0.1) is 17.3 Å². The van der Waals surface area contributed by atoms with Crippen molar-refractivity contribution in [2.24, 2.45) is 0 Å². The minimum Gasteiger partial charge on any atom is -0.347 e. The Kier molecular flexibility index (Phi) is 5.35. The quantitative estimate of drug-likeness (QED) is 0.459. The number of hydrogen-bond acceptors (Lipinski definition) is 5. The van der Waals surface area contributed by atoms with Crippen LogP contribution in [0.3, 0.4) is 0 Å². The van der Waals surface area contributed by atoms with E-state index >= 15 is 0 Å². The molecule has 3 heterocycles. The summed E-state index contributed by atoms with van der Waals surface area (Å²) in [6, 6.07) is 21.5. The Morgan fingerprint density at radius 1 is 1.00 bits per heavy atom. The summed E-state index contributed by atoms with van der Waals surface area (Å²) in [7, 11) is 3.99. The zero-order valence-corrected chi connectivity index (χ0v) is 18.1. The fourth-order valence-electron chi connectivity index (χ4n) is 4.48. The first-order valence-electron chi connectivity index (χ1n) is 10.9. The largest absolute Gasteiger partial charge is 0.347 e. The number of nitrogens with zero attached hydrogens (tertiary/aromatic N) is 5. The van der Waals surface area contributed by atoms with E-state index in [1.807, 2.05) is 37.5 Å². The lowest BCUT2D eigenvalue weighted by atomic mass is 9.99. The fourth-order valence-corrected chi connectivity index (χ4v) is 4.48. The van der Waals surface area contributed by atoms with E-state index < -0.39 is 0 Å². The maximum atomic E-state index is 5.04. The van der Waals surface area contributed by atoms with Gasteiger partial charge in [-0.05, 0) is 48.7 Å². The molecule has 156 valence electrons. The molecule has 0 N–H and O–H groups in total. The molecule has 1 aliphatic heterocycles. The number of rotatable bonds is 5. The van der Waals surface area contributed by atoms with Gasteiger partial charge in [0.25, 0.3) is 0 Å². The average molecular weight is 410 g/mol. The summed E-state index contributed by atoms with van der Waals surface area (Å²) >= 11 is 0. The summed E-state index contributed by atoms with van der Waals surface area (Å²) in [5.74, 6) is 0.762. The van der Waals surface area contributed by atoms with E-state index in [-0.39, 0.29) is 6.04 Å². The van der Waals surface area contributed by atoms with E-state index in [2.05, 4.69) is 69.5 Å². The Balaban J connectivity index is 1.51. The molecule has 1 unspecified atom stereocenters. The van der Waals surface area contributed by atoms with Crippen molar-refractivity contribution in [1.29, 1.82) is 0 Å². The normalized spacial score (nSPS) is 16.6. The second-order valence-corrected chi connectivity index (χ2v) is 8.39. The van der Waals surface area contributed by atoms with Crippen molar-refractivity contribution in [1.82, 2.24) is 19.9 Å². The zero-order chi connectivity index (χ0) is 21.2. The Bertz CT molecular complexity index is 1190. The van der Waals surface area contributed by atoms with Gasteiger partial charge in [-0.15, -0.1) is 0 Å². The molecule has 1 saturated heterocycles. The number of hydrogen-bond donors (Lipinski definition) is 0. The van der Waals surface area contributed by atoms with Crippen LogP contribution in [-0.4, -0.2) is 40.5 Å². The van der Waals surface area contributed by atoms with Gasteiger partial charge in [-0.3, -0.25) is 9.88 Å². The first-order valence-corrected chi connectivity index (χ1v) is 10.9. The van der Waals surface area contributed by atoms with Gasteiger partial charge in [0, 0.05) is 44.0 Å². The van der Waals surface area contributed by atoms with Gasteiger partial charge in [0.1, 0.15) is 0 Å². The van der Waals surface area contributed by atoms with Crippen LogP contribution in [0.2, 0.25) is 0 Å². The Morgan fingerprint density at radius 3 is 2.71 bits per heavy atom. The van der Waals surface area contributed by atoms with E-state index in [1.54, 1.807) is 0 Å². The van der Waals surface area contributed by atoms with Crippen molar-refractivity contribution in [2.45, 2.75) is 25.4 Å². The van der Waals surface area contributed by atoms with Crippen LogP contribution in [0.5, 0.6) is 0 Å². The number of aromatic nitrogens is 3. The zero-order valence-electron chi connectivity index (χ0n) is 18.1. The first kappa shape index (κ1) is 19.6. The summed E-state index contributed by atoms with van der Waals surface area (Å²) in [5.41, 5.74) is 5.79. The minimum absolute atomic E-state index is 0.279. The van der Waals surface area contributed by atoms with Crippen molar-refractivity contribution in [3.8, 4) is 11.1 Å². The molecule has 1 aliphatic rings. The van der Waals surface area contributed by atoms with Crippen LogP contribution in [0.25, 0.3) is 22.0 Å². The molecule has 5 nitrogen and oxygen atoms in total. The molecular weight excluding hydrogens is 382 g/mol. The van der Waals surface area contributed by atoms with Gasteiger partial charge in [-0.2, -0.15) is 0 Å². The first-order chi connectivity index (χ1) is 15.2. The third kappa shape index (κ3) is 4.01. The highest BCUT2D eigenvalue weighted by Gasteiger charge is 2.30. The topological polar surface area (TPSA) is 45.2 Å². The molecule has 0 spiro atoms. The molecular formula is C26H27N5. The second-order valence-electron chi connectivity index (χ2n) is 8.39. The van der Waals surface area contributed by atoms with Crippen molar-refractivity contribution in [2.75, 3.05) is 25.5 Å². The van der Waals surface area contributed by atoms with Crippen LogP contribution in [0.1, 0.15) is 30.1 Å². The lowest BCUT2D eigenvalue weighted by Gasteiger charge is -2.27. The molecule has 0 saturated carbocycles. The standard InChI is InChI=1S/C26H27N5/c1-30(2)26-28-17-22(20-8-4-3-5-9-20)25(29-26)24-11-7-15-31(24)18-19-12-13-23-21(16-19)10-6-14-27-23/h3-6,8-10,12-14,16-17,24H,7,11,15,18H2,1-2H3. The highest BCUT2D eigenvalue weighted by atomic mass is 15.2. The lowest BCUT2D eigenvalue weighted by molar-refractivity contribution is 0.245. The molecule has 2 aromatic carbocycles. The summed E-state index contributed by atoms with van der Waals surface area (Å²) in [6.45, 7) is 1.98. The molecule has 5 heteroatoms. The Morgan fingerprint density at radius 2 is 1.87 bits per heavy atom. The second kappa shape index (κ2) is 8.44. The molecule has 0 aliphatic carbocycles. The Labute approximate surface area is 183 Å². The number of benzene rings is 2. The lowest BCUT2D eigenvalue weighted by Crippen LogP contribution is -2.25. The van der Waals surface area contributed by atoms with Gasteiger partial charge in [0.2, 0.25) is 5.95 Å². The van der Waals surface area contributed by atoms with Crippen LogP contribution < -0.4 is 4.90 Å². The number of pyridine rings is 1. The summed E-state index contributed by atoms with van der Waals surface area (Å²) in [5, 5.41) is 1.19. The molecule has 2 aromatic heterocycles. The molecule has 0 bridgehead atoms. The maximum Gasteiger partial charge on any atom is 0.225 e. The predicted molar refractivity (Wildman–Crippen MR) is 126 cm³/mol. The van der Waals surface area contributed by atoms with Gasteiger partial charge >= 0.3 is 0 Å². The summed E-state index contributed by atoms with van der Waals surface area (Å²) in [6.07, 6.45) is 6.13. The molecule has 5 rings (SSSR count). The van der Waals surface area contributed by atoms with E-state index in [9.17, 15) is 0 Å². The summed E-state index contributed by atoms with van der Waals surface area (Å²) < 4.78 is 0. The highest BCUT2D eigenvalue weighted by Crippen LogP contribution is 2.38. The van der Waals surface area contributed by atoms with Gasteiger partial charge in [-0.1, -0.05) is 42.5 Å². The number of anilines is 1. The van der Waals surface area contributed by atoms with Crippen LogP contribution >= 0.6 is 0 Å². The predicted octanol–water partition coefficient (Wildman–Crippen LogP) is 5.09. The SMILES string of the molecule is CN(C)c1ncc(-c2ccccc2)c(C2CCCN2Cc2ccc3ncccc3c2)n1. The molecule has 0 radical (unpaired) electrons. The van der Waals surface area contributed by atoms with Crippen molar-refractivity contribution in [3.63, 3.8) is 0 Å². The maximum absolute atomic E-state index is 5.04. The van der Waals surface area contributed by atoms with Gasteiger partial charge in [0.15, 0.2) is 0 Å². The third-order valence-corrected chi connectivity index (χ3v) is 6.02. The average Bonchev–Trinajstić information content (AvgIpc) is 3.27. The van der Waals surface area contributed by atoms with Crippen LogP contribution in [0, 0.1) is 0 Å². The highest BCUT2D eigenvalue weighted by molar-refractivity contribution is 5.78. The van der Waals surface area contributed by atoms with Crippen LogP contribution in [0.4, 0.5) is 5.95 Å². The third-order valence-electron chi connectivity index (χ3n) is 6.02. The molecule has 1 atom stereocenters. The minimum atomic E-state index is 0.279. The molecule has 31 heavy (non-hydrogen) atoms. The summed E-state index contributed by atoms with van der Waals surface area (Å²) in [4.78, 5) is 18.6. The van der Waals surface area contributed by atoms with Gasteiger partial charge in [-0.25, -0.2) is 9.97 Å². The number of fused-ring (bicyclic) bond motifs is 1. The molecule has 1 fully saturated rings. The fraction of sp³-hybridized carbons (Fsp3) is 0.269. The van der Waals surface area contributed by atoms with Crippen molar-refractivity contribution < 1.29 is 0 Å². The number of likely N-dealkylation sites (tertiary alicyclic amines) is 1. The van der Waals surface area contributed by atoms with Crippen LogP contribution in [0.15, 0.2) is 73.1 Å². The van der Waals surface area contributed by atoms with E-state index in [4.69, 9.17) is 4.98 Å².